The molecule has 3 aliphatic rings. The van der Waals surface area contributed by atoms with E-state index < -0.39 is 0 Å². The van der Waals surface area contributed by atoms with Gasteiger partial charge in [0.2, 0.25) is 11.8 Å². The zero-order valence-corrected chi connectivity index (χ0v) is 13.5. The summed E-state index contributed by atoms with van der Waals surface area (Å²) in [6, 6.07) is 0.0241. The second kappa shape index (κ2) is 6.54. The molecule has 2 atom stereocenters. The van der Waals surface area contributed by atoms with Gasteiger partial charge in [-0.1, -0.05) is 5.16 Å². The Bertz CT molecular complexity index is 525. The summed E-state index contributed by atoms with van der Waals surface area (Å²) < 4.78 is 5.36. The van der Waals surface area contributed by atoms with E-state index in [0.29, 0.717) is 5.92 Å². The van der Waals surface area contributed by atoms with Gasteiger partial charge in [-0.05, 0) is 45.1 Å². The van der Waals surface area contributed by atoms with E-state index >= 15 is 0 Å². The molecule has 1 aromatic heterocycles. The highest BCUT2D eigenvalue weighted by Gasteiger charge is 2.34. The van der Waals surface area contributed by atoms with Gasteiger partial charge in [-0.3, -0.25) is 4.79 Å². The summed E-state index contributed by atoms with van der Waals surface area (Å²) in [4.78, 5) is 19.0. The topological polar surface area (TPSA) is 71.3 Å². The third-order valence-corrected chi connectivity index (χ3v) is 4.84. The van der Waals surface area contributed by atoms with E-state index in [1.54, 1.807) is 0 Å². The summed E-state index contributed by atoms with van der Waals surface area (Å²) in [5, 5.41) is 7.45. The molecule has 0 radical (unpaired) electrons. The number of carbonyl (C=O) groups excluding carboxylic acids is 1. The van der Waals surface area contributed by atoms with Crippen LogP contribution in [0.4, 0.5) is 0 Å². The molecule has 122 valence electrons. The van der Waals surface area contributed by atoms with Crippen LogP contribution in [0, 0.1) is 0 Å². The van der Waals surface area contributed by atoms with Gasteiger partial charge in [0.25, 0.3) is 0 Å². The first-order valence-corrected chi connectivity index (χ1v) is 8.17. The fraction of sp³-hybridized carbons (Fsp3) is 0.800. The molecule has 7 heteroatoms. The second-order valence-electron chi connectivity index (χ2n) is 6.54. The van der Waals surface area contributed by atoms with Crippen molar-refractivity contribution in [3.63, 3.8) is 0 Å². The minimum Gasteiger partial charge on any atom is -0.341 e. The van der Waals surface area contributed by atoms with Crippen LogP contribution in [0.1, 0.15) is 62.1 Å². The minimum absolute atomic E-state index is 0. The third-order valence-electron chi connectivity index (χ3n) is 4.84. The number of rotatable bonds is 3. The number of nitrogens with zero attached hydrogens (tertiary/aromatic N) is 3. The molecule has 0 bridgehead atoms. The Hall–Kier alpha value is -1.14. The molecule has 1 amide bonds. The lowest BCUT2D eigenvalue weighted by Gasteiger charge is -2.33. The summed E-state index contributed by atoms with van der Waals surface area (Å²) in [5.41, 5.74) is 0. The molecule has 1 aromatic rings. The Kier molecular flexibility index (Phi) is 4.68. The van der Waals surface area contributed by atoms with Crippen molar-refractivity contribution in [2.24, 2.45) is 0 Å². The molecule has 1 aliphatic carbocycles. The number of amides is 1. The molecule has 2 saturated heterocycles. The smallest absolute Gasteiger partial charge is 0.239 e. The van der Waals surface area contributed by atoms with Gasteiger partial charge in [-0.25, -0.2) is 0 Å². The van der Waals surface area contributed by atoms with Crippen LogP contribution >= 0.6 is 12.4 Å². The van der Waals surface area contributed by atoms with Crippen molar-refractivity contribution in [2.75, 3.05) is 19.6 Å². The van der Waals surface area contributed by atoms with Crippen molar-refractivity contribution in [1.82, 2.24) is 20.4 Å². The Morgan fingerprint density at radius 3 is 2.77 bits per heavy atom. The van der Waals surface area contributed by atoms with E-state index in [0.717, 1.165) is 57.0 Å². The summed E-state index contributed by atoms with van der Waals surface area (Å²) in [6.45, 7) is 2.56. The van der Waals surface area contributed by atoms with Gasteiger partial charge in [-0.15, -0.1) is 12.4 Å². The molecule has 4 rings (SSSR count). The van der Waals surface area contributed by atoms with E-state index in [9.17, 15) is 4.79 Å². The summed E-state index contributed by atoms with van der Waals surface area (Å²) >= 11 is 0. The Morgan fingerprint density at radius 2 is 2.05 bits per heavy atom. The Labute approximate surface area is 136 Å². The molecular formula is C15H23ClN4O2. The maximum Gasteiger partial charge on any atom is 0.239 e. The van der Waals surface area contributed by atoms with Crippen LogP contribution in [0.15, 0.2) is 4.52 Å². The number of hydrogen-bond donors (Lipinski definition) is 1. The van der Waals surface area contributed by atoms with E-state index in [4.69, 9.17) is 4.52 Å². The lowest BCUT2D eigenvalue weighted by atomic mass is 9.96. The molecule has 3 heterocycles. The molecule has 1 N–H and O–H groups in total. The van der Waals surface area contributed by atoms with Crippen molar-refractivity contribution in [1.29, 1.82) is 0 Å². The highest BCUT2D eigenvalue weighted by atomic mass is 35.5. The van der Waals surface area contributed by atoms with Crippen LogP contribution in [-0.2, 0) is 4.79 Å². The zero-order chi connectivity index (χ0) is 14.2. The molecule has 2 aliphatic heterocycles. The normalized spacial score (nSPS) is 28.5. The van der Waals surface area contributed by atoms with Crippen LogP contribution in [0.25, 0.3) is 0 Å². The fourth-order valence-corrected chi connectivity index (χ4v) is 3.41. The lowest BCUT2D eigenvalue weighted by molar-refractivity contribution is -0.134. The van der Waals surface area contributed by atoms with Crippen molar-refractivity contribution in [2.45, 2.75) is 56.4 Å². The summed E-state index contributed by atoms with van der Waals surface area (Å²) in [6.07, 6.45) is 6.48. The molecule has 2 unspecified atom stereocenters. The highest BCUT2D eigenvalue weighted by molar-refractivity contribution is 5.85. The Balaban J connectivity index is 0.00000144. The number of piperidine rings is 1. The van der Waals surface area contributed by atoms with E-state index in [2.05, 4.69) is 15.5 Å². The average Bonchev–Trinajstić information content (AvgIpc) is 3.05. The lowest BCUT2D eigenvalue weighted by Crippen LogP contribution is -2.47. The number of hydrogen-bond acceptors (Lipinski definition) is 5. The van der Waals surface area contributed by atoms with Gasteiger partial charge in [0.05, 0.1) is 6.04 Å². The van der Waals surface area contributed by atoms with E-state index in [1.807, 2.05) is 4.90 Å². The second-order valence-corrected chi connectivity index (χ2v) is 6.54. The van der Waals surface area contributed by atoms with Crippen molar-refractivity contribution in [3.8, 4) is 0 Å². The molecular weight excluding hydrogens is 304 g/mol. The maximum absolute atomic E-state index is 12.5. The number of aromatic nitrogens is 2. The predicted octanol–water partition coefficient (Wildman–Crippen LogP) is 1.83. The minimum atomic E-state index is 0. The van der Waals surface area contributed by atoms with Crippen LogP contribution < -0.4 is 5.32 Å². The third kappa shape index (κ3) is 3.13. The van der Waals surface area contributed by atoms with E-state index in [-0.39, 0.29) is 30.3 Å². The van der Waals surface area contributed by atoms with Gasteiger partial charge >= 0.3 is 0 Å². The number of carbonyl (C=O) groups is 1. The number of nitrogens with one attached hydrogen (secondary N) is 1. The van der Waals surface area contributed by atoms with E-state index in [1.165, 1.54) is 12.8 Å². The van der Waals surface area contributed by atoms with Gasteiger partial charge in [0, 0.05) is 24.9 Å². The molecule has 0 spiro atoms. The van der Waals surface area contributed by atoms with Crippen molar-refractivity contribution >= 4 is 18.3 Å². The standard InChI is InChI=1S/C15H22N4O2.ClH/c20-15(12-4-1-7-16-12)19-8-2-3-11(9-19)13-17-14(21-18-13)10-5-6-10;/h10-12,16H,1-9H2;1H. The Morgan fingerprint density at radius 1 is 1.18 bits per heavy atom. The van der Waals surface area contributed by atoms with Crippen LogP contribution in [0.5, 0.6) is 0 Å². The first-order valence-electron chi connectivity index (χ1n) is 8.17. The summed E-state index contributed by atoms with van der Waals surface area (Å²) in [5.74, 6) is 2.58. The SMILES string of the molecule is Cl.O=C(C1CCCN1)N1CCCC(c2noc(C3CC3)n2)C1. The predicted molar refractivity (Wildman–Crippen MR) is 83.1 cm³/mol. The van der Waals surface area contributed by atoms with Crippen LogP contribution in [-0.4, -0.2) is 46.6 Å². The maximum atomic E-state index is 12.5. The number of likely N-dealkylation sites (tertiary alicyclic amines) is 1. The average molecular weight is 327 g/mol. The van der Waals surface area contributed by atoms with Gasteiger partial charge < -0.3 is 14.7 Å². The monoisotopic (exact) mass is 326 g/mol. The molecule has 1 saturated carbocycles. The molecule has 6 nitrogen and oxygen atoms in total. The fourth-order valence-electron chi connectivity index (χ4n) is 3.41. The zero-order valence-electron chi connectivity index (χ0n) is 12.7. The van der Waals surface area contributed by atoms with Crippen LogP contribution in [0.2, 0.25) is 0 Å². The largest absolute Gasteiger partial charge is 0.341 e. The van der Waals surface area contributed by atoms with Crippen LogP contribution in [0.3, 0.4) is 0 Å². The molecule has 0 aromatic carbocycles. The quantitative estimate of drug-likeness (QED) is 0.917. The first-order chi connectivity index (χ1) is 10.3. The number of halogens is 1. The van der Waals surface area contributed by atoms with Crippen molar-refractivity contribution in [3.05, 3.63) is 11.7 Å². The summed E-state index contributed by atoms with van der Waals surface area (Å²) in [7, 11) is 0. The molecule has 22 heavy (non-hydrogen) atoms. The van der Waals surface area contributed by atoms with Gasteiger partial charge in [0.15, 0.2) is 5.82 Å². The van der Waals surface area contributed by atoms with Gasteiger partial charge in [-0.2, -0.15) is 4.98 Å². The first kappa shape index (κ1) is 15.7. The highest BCUT2D eigenvalue weighted by Crippen LogP contribution is 2.39. The van der Waals surface area contributed by atoms with Crippen molar-refractivity contribution < 1.29 is 9.32 Å². The molecule has 3 fully saturated rings. The van der Waals surface area contributed by atoms with Gasteiger partial charge in [0.1, 0.15) is 0 Å².